The van der Waals surface area contributed by atoms with Crippen molar-refractivity contribution in [2.75, 3.05) is 13.2 Å². The van der Waals surface area contributed by atoms with Crippen LogP contribution in [0, 0.1) is 11.8 Å². The fourth-order valence-electron chi connectivity index (χ4n) is 1.98. The van der Waals surface area contributed by atoms with E-state index in [0.29, 0.717) is 0 Å². The second-order valence-corrected chi connectivity index (χ2v) is 3.74. The van der Waals surface area contributed by atoms with Gasteiger partial charge in [-0.3, -0.25) is 0 Å². The molecule has 6 heteroatoms. The van der Waals surface area contributed by atoms with E-state index in [0.717, 1.165) is 0 Å². The minimum Gasteiger partial charge on any atom is -0.396 e. The minimum atomic E-state index is -1.37. The molecule has 0 aromatic heterocycles. The molecule has 0 aromatic carbocycles. The molecule has 0 spiro atoms. The first kappa shape index (κ1) is 11.8. The fourth-order valence-corrected chi connectivity index (χ4v) is 1.98. The van der Waals surface area contributed by atoms with Gasteiger partial charge < -0.3 is 31.3 Å². The summed E-state index contributed by atoms with van der Waals surface area (Å²) in [5.74, 6) is -1.30. The van der Waals surface area contributed by atoms with Gasteiger partial charge in [0.2, 0.25) is 0 Å². The summed E-state index contributed by atoms with van der Waals surface area (Å²) in [6.07, 6.45) is -3.90. The van der Waals surface area contributed by atoms with E-state index in [2.05, 4.69) is 0 Å². The molecule has 7 N–H and O–H groups in total. The van der Waals surface area contributed by atoms with Gasteiger partial charge in [0, 0.05) is 31.1 Å². The van der Waals surface area contributed by atoms with Gasteiger partial charge in [0.25, 0.3) is 0 Å². The summed E-state index contributed by atoms with van der Waals surface area (Å²) in [7, 11) is 0. The van der Waals surface area contributed by atoms with E-state index in [1.807, 2.05) is 0 Å². The Kier molecular flexibility index (Phi) is 3.82. The molecule has 14 heavy (non-hydrogen) atoms. The number of aliphatic hydroxyl groups is 5. The van der Waals surface area contributed by atoms with Crippen LogP contribution >= 0.6 is 0 Å². The molecule has 6 atom stereocenters. The maximum Gasteiger partial charge on any atom is 0.108 e. The molecule has 1 aliphatic rings. The third kappa shape index (κ3) is 1.77. The van der Waals surface area contributed by atoms with Gasteiger partial charge in [-0.15, -0.1) is 0 Å². The van der Waals surface area contributed by atoms with Crippen molar-refractivity contribution >= 4 is 0 Å². The molecule has 1 rings (SSSR count). The van der Waals surface area contributed by atoms with Gasteiger partial charge in [-0.25, -0.2) is 0 Å². The molecule has 1 fully saturated rings. The molecule has 0 unspecified atom stereocenters. The second-order valence-electron chi connectivity index (χ2n) is 3.74. The SMILES string of the molecule is N[C@H]1[C@H](O)[C@H](O)[C@@H](O)[C@H](CO)[C@@H]1CO. The first-order valence-corrected chi connectivity index (χ1v) is 4.56. The maximum absolute atomic E-state index is 9.49. The van der Waals surface area contributed by atoms with Crippen LogP contribution in [0.15, 0.2) is 0 Å². The van der Waals surface area contributed by atoms with Gasteiger partial charge >= 0.3 is 0 Å². The van der Waals surface area contributed by atoms with E-state index in [-0.39, 0.29) is 13.2 Å². The van der Waals surface area contributed by atoms with Crippen molar-refractivity contribution in [2.45, 2.75) is 24.4 Å². The average molecular weight is 207 g/mol. The molecule has 84 valence electrons. The molecule has 1 saturated carbocycles. The van der Waals surface area contributed by atoms with Crippen molar-refractivity contribution in [2.24, 2.45) is 17.6 Å². The van der Waals surface area contributed by atoms with Crippen molar-refractivity contribution < 1.29 is 25.5 Å². The van der Waals surface area contributed by atoms with E-state index in [1.165, 1.54) is 0 Å². The van der Waals surface area contributed by atoms with Crippen LogP contribution in [0.1, 0.15) is 0 Å². The van der Waals surface area contributed by atoms with E-state index >= 15 is 0 Å². The highest BCUT2D eigenvalue weighted by Crippen LogP contribution is 2.29. The maximum atomic E-state index is 9.49. The Bertz CT molecular complexity index is 171. The molecule has 0 amide bonds. The van der Waals surface area contributed by atoms with Gasteiger partial charge in [-0.05, 0) is 0 Å². The highest BCUT2D eigenvalue weighted by molar-refractivity contribution is 4.99. The summed E-state index contributed by atoms with van der Waals surface area (Å²) in [5, 5.41) is 46.2. The number of rotatable bonds is 2. The normalized spacial score (nSPS) is 49.3. The first-order chi connectivity index (χ1) is 6.54. The Morgan fingerprint density at radius 2 is 1.29 bits per heavy atom. The Labute approximate surface area is 81.6 Å². The van der Waals surface area contributed by atoms with Crippen LogP contribution in [0.5, 0.6) is 0 Å². The highest BCUT2D eigenvalue weighted by Gasteiger charge is 2.46. The van der Waals surface area contributed by atoms with E-state index in [1.54, 1.807) is 0 Å². The zero-order valence-electron chi connectivity index (χ0n) is 7.69. The molecule has 0 radical (unpaired) electrons. The lowest BCUT2D eigenvalue weighted by atomic mass is 9.72. The molecule has 6 nitrogen and oxygen atoms in total. The minimum absolute atomic E-state index is 0.340. The topological polar surface area (TPSA) is 127 Å². The van der Waals surface area contributed by atoms with Crippen molar-refractivity contribution in [1.29, 1.82) is 0 Å². The Morgan fingerprint density at radius 1 is 0.786 bits per heavy atom. The van der Waals surface area contributed by atoms with Crippen LogP contribution in [0.3, 0.4) is 0 Å². The van der Waals surface area contributed by atoms with Gasteiger partial charge in [0.15, 0.2) is 0 Å². The van der Waals surface area contributed by atoms with Crippen LogP contribution in [-0.2, 0) is 0 Å². The van der Waals surface area contributed by atoms with Gasteiger partial charge in [-0.1, -0.05) is 0 Å². The fraction of sp³-hybridized carbons (Fsp3) is 1.00. The summed E-state index contributed by atoms with van der Waals surface area (Å²) in [6, 6.07) is -0.837. The molecule has 0 saturated heterocycles. The van der Waals surface area contributed by atoms with Crippen molar-refractivity contribution in [3.05, 3.63) is 0 Å². The van der Waals surface area contributed by atoms with Crippen molar-refractivity contribution in [1.82, 2.24) is 0 Å². The molecule has 0 aliphatic heterocycles. The predicted molar refractivity (Wildman–Crippen MR) is 47.1 cm³/mol. The number of hydrogen-bond donors (Lipinski definition) is 6. The molecule has 0 heterocycles. The largest absolute Gasteiger partial charge is 0.396 e. The molecule has 0 bridgehead atoms. The summed E-state index contributed by atoms with van der Waals surface area (Å²) in [5.41, 5.74) is 5.56. The van der Waals surface area contributed by atoms with Crippen LogP contribution in [0.25, 0.3) is 0 Å². The zero-order chi connectivity index (χ0) is 10.9. The Morgan fingerprint density at radius 3 is 1.71 bits per heavy atom. The predicted octanol–water partition coefficient (Wildman–Crippen LogP) is -3.37. The number of aliphatic hydroxyl groups excluding tert-OH is 5. The van der Waals surface area contributed by atoms with E-state index < -0.39 is 36.2 Å². The summed E-state index contributed by atoms with van der Waals surface area (Å²) in [4.78, 5) is 0. The first-order valence-electron chi connectivity index (χ1n) is 4.56. The lowest BCUT2D eigenvalue weighted by Gasteiger charge is -2.43. The van der Waals surface area contributed by atoms with Gasteiger partial charge in [0.05, 0.1) is 12.2 Å². The van der Waals surface area contributed by atoms with Crippen molar-refractivity contribution in [3.8, 4) is 0 Å². The lowest BCUT2D eigenvalue weighted by molar-refractivity contribution is -0.153. The lowest BCUT2D eigenvalue weighted by Crippen LogP contribution is -2.63. The summed E-state index contributed by atoms with van der Waals surface area (Å²) in [6.45, 7) is -0.725. The third-order valence-corrected chi connectivity index (χ3v) is 3.00. The third-order valence-electron chi connectivity index (χ3n) is 3.00. The molecular weight excluding hydrogens is 190 g/mol. The monoisotopic (exact) mass is 207 g/mol. The average Bonchev–Trinajstić information content (AvgIpc) is 2.20. The van der Waals surface area contributed by atoms with Crippen LogP contribution in [0.2, 0.25) is 0 Å². The molecular formula is C8H17NO5. The number of hydrogen-bond acceptors (Lipinski definition) is 6. The van der Waals surface area contributed by atoms with Crippen LogP contribution < -0.4 is 5.73 Å². The standard InChI is InChI=1S/C8H17NO5/c9-5-3(1-10)4(2-11)6(12)8(14)7(5)13/h3-8,10-14H,1-2,9H2/t3-,4+,5+,6-,7-,8+/m0/s1. The highest BCUT2D eigenvalue weighted by atomic mass is 16.4. The smallest absolute Gasteiger partial charge is 0.108 e. The van der Waals surface area contributed by atoms with E-state index in [4.69, 9.17) is 15.9 Å². The van der Waals surface area contributed by atoms with Crippen molar-refractivity contribution in [3.63, 3.8) is 0 Å². The quantitative estimate of drug-likeness (QED) is 0.280. The second kappa shape index (κ2) is 4.52. The van der Waals surface area contributed by atoms with Gasteiger partial charge in [-0.2, -0.15) is 0 Å². The van der Waals surface area contributed by atoms with Crippen LogP contribution in [-0.4, -0.2) is 63.1 Å². The summed E-state index contributed by atoms with van der Waals surface area (Å²) >= 11 is 0. The summed E-state index contributed by atoms with van der Waals surface area (Å²) < 4.78 is 0. The Balaban J connectivity index is 2.84. The molecule has 0 aromatic rings. The molecule has 1 aliphatic carbocycles. The number of nitrogens with two attached hydrogens (primary N) is 1. The van der Waals surface area contributed by atoms with Crippen LogP contribution in [0.4, 0.5) is 0 Å². The van der Waals surface area contributed by atoms with Gasteiger partial charge in [0.1, 0.15) is 6.10 Å². The van der Waals surface area contributed by atoms with E-state index in [9.17, 15) is 15.3 Å². The zero-order valence-corrected chi connectivity index (χ0v) is 7.69. The Hall–Kier alpha value is -0.240.